The van der Waals surface area contributed by atoms with Crippen LogP contribution in [0.25, 0.3) is 0 Å². The van der Waals surface area contributed by atoms with Crippen LogP contribution < -0.4 is 11.5 Å². The van der Waals surface area contributed by atoms with Crippen LogP contribution in [0.3, 0.4) is 0 Å². The highest BCUT2D eigenvalue weighted by Crippen LogP contribution is 2.41. The minimum Gasteiger partial charge on any atom is -0.384 e. The third kappa shape index (κ3) is 5.38. The van der Waals surface area contributed by atoms with Gasteiger partial charge in [-0.05, 0) is 49.6 Å². The Morgan fingerprint density at radius 1 is 0.938 bits per heavy atom. The van der Waals surface area contributed by atoms with Gasteiger partial charge in [-0.2, -0.15) is 0 Å². The number of nitrogens with zero attached hydrogens (tertiary/aromatic N) is 2. The smallest absolute Gasteiger partial charge is 0.240 e. The number of primary amides is 1. The molecule has 1 aliphatic carbocycles. The normalized spacial score (nSPS) is 27.6. The van der Waals surface area contributed by atoms with E-state index in [0.717, 1.165) is 31.4 Å². The van der Waals surface area contributed by atoms with Gasteiger partial charge in [0.2, 0.25) is 11.8 Å². The number of nitrogens with one attached hydrogen (secondary N) is 1. The largest absolute Gasteiger partial charge is 0.384 e. The number of benzene rings is 1. The van der Waals surface area contributed by atoms with E-state index < -0.39 is 6.04 Å². The summed E-state index contributed by atoms with van der Waals surface area (Å²) in [5.74, 6) is 0.713. The van der Waals surface area contributed by atoms with Crippen LogP contribution in [-0.4, -0.2) is 52.6 Å². The Bertz CT molecular complexity index is 819. The summed E-state index contributed by atoms with van der Waals surface area (Å²) in [5, 5.41) is 7.58. The molecule has 1 saturated carbocycles. The average molecular weight is 484 g/mol. The van der Waals surface area contributed by atoms with Crippen molar-refractivity contribution in [3.63, 3.8) is 0 Å². The molecule has 7 nitrogen and oxygen atoms in total. The molecular weight excluding hydrogens is 449 g/mol. The summed E-state index contributed by atoms with van der Waals surface area (Å²) < 4.78 is 0. The molecule has 0 aromatic heterocycles. The van der Waals surface area contributed by atoms with Gasteiger partial charge in [0.05, 0.1) is 6.04 Å². The molecule has 0 unspecified atom stereocenters. The van der Waals surface area contributed by atoms with Crippen LogP contribution in [0.4, 0.5) is 0 Å². The standard InChI is InChI=1S/C23H33N5O2.2ClH/c24-21(25)17-9-7-15(8-10-17)14-27-13-11-16-4-1-2-5-18(16)20(27)23(30)28-12-3-6-19(28)22(26)29;;/h7-10,16,18-20H,1-6,11-14H2,(H3,24,25)(H2,26,29);2*1H/t16-,18-,19-,20+;;/m0../s1. The zero-order chi connectivity index (χ0) is 21.3. The third-order valence-corrected chi connectivity index (χ3v) is 7.32. The van der Waals surface area contributed by atoms with Gasteiger partial charge in [0, 0.05) is 18.7 Å². The predicted molar refractivity (Wildman–Crippen MR) is 130 cm³/mol. The zero-order valence-corrected chi connectivity index (χ0v) is 20.0. The summed E-state index contributed by atoms with van der Waals surface area (Å²) in [6, 6.07) is 7.08. The molecular formula is C23H35Cl2N5O2. The number of piperidine rings is 1. The van der Waals surface area contributed by atoms with E-state index in [1.54, 1.807) is 4.90 Å². The lowest BCUT2D eigenvalue weighted by Crippen LogP contribution is -2.59. The molecule has 1 aromatic rings. The first kappa shape index (κ1) is 26.4. The third-order valence-electron chi connectivity index (χ3n) is 7.32. The maximum Gasteiger partial charge on any atom is 0.240 e. The van der Waals surface area contributed by atoms with Crippen molar-refractivity contribution in [1.82, 2.24) is 9.80 Å². The van der Waals surface area contributed by atoms with E-state index in [1.807, 2.05) is 24.3 Å². The first-order chi connectivity index (χ1) is 14.5. The van der Waals surface area contributed by atoms with Gasteiger partial charge in [0.15, 0.2) is 0 Å². The van der Waals surface area contributed by atoms with Crippen molar-refractivity contribution in [3.8, 4) is 0 Å². The Kier molecular flexibility index (Phi) is 9.37. The Morgan fingerprint density at radius 3 is 2.28 bits per heavy atom. The summed E-state index contributed by atoms with van der Waals surface area (Å²) in [7, 11) is 0. The van der Waals surface area contributed by atoms with Gasteiger partial charge in [0.25, 0.3) is 0 Å². The number of nitrogen functional groups attached to an aromatic ring is 1. The topological polar surface area (TPSA) is 117 Å². The molecule has 32 heavy (non-hydrogen) atoms. The number of amides is 2. The minimum atomic E-state index is -0.460. The van der Waals surface area contributed by atoms with Gasteiger partial charge in [-0.15, -0.1) is 24.8 Å². The molecule has 4 atom stereocenters. The highest BCUT2D eigenvalue weighted by molar-refractivity contribution is 5.94. The SMILES string of the molecule is Cl.Cl.N=C(N)c1ccc(CN2CC[C@@H]3CCCC[C@@H]3[C@@H]2C(=O)N2CCC[C@H]2C(N)=O)cc1. The second-order valence-electron chi connectivity index (χ2n) is 9.12. The van der Waals surface area contributed by atoms with Crippen molar-refractivity contribution in [3.05, 3.63) is 35.4 Å². The lowest BCUT2D eigenvalue weighted by molar-refractivity contribution is -0.147. The van der Waals surface area contributed by atoms with E-state index in [0.29, 0.717) is 36.9 Å². The van der Waals surface area contributed by atoms with E-state index in [1.165, 1.54) is 19.3 Å². The second kappa shape index (κ2) is 11.3. The van der Waals surface area contributed by atoms with E-state index in [9.17, 15) is 9.59 Å². The molecule has 3 fully saturated rings. The maximum atomic E-state index is 13.7. The Hall–Kier alpha value is -1.83. The van der Waals surface area contributed by atoms with Crippen LogP contribution >= 0.6 is 24.8 Å². The molecule has 0 bridgehead atoms. The van der Waals surface area contributed by atoms with Gasteiger partial charge in [-0.25, -0.2) is 0 Å². The number of fused-ring (bicyclic) bond motifs is 1. The molecule has 2 saturated heterocycles. The maximum absolute atomic E-state index is 13.7. The first-order valence-electron chi connectivity index (χ1n) is 11.2. The van der Waals surface area contributed by atoms with Crippen molar-refractivity contribution in [2.75, 3.05) is 13.1 Å². The van der Waals surface area contributed by atoms with Crippen molar-refractivity contribution in [2.45, 2.75) is 63.6 Å². The molecule has 0 spiro atoms. The molecule has 4 rings (SSSR count). The summed E-state index contributed by atoms with van der Waals surface area (Å²) in [5.41, 5.74) is 13.0. The fourth-order valence-corrected chi connectivity index (χ4v) is 5.79. The Labute approximate surface area is 202 Å². The quantitative estimate of drug-likeness (QED) is 0.440. The Morgan fingerprint density at radius 2 is 1.62 bits per heavy atom. The predicted octanol–water partition coefficient (Wildman–Crippen LogP) is 2.67. The fraction of sp³-hybridized carbons (Fsp3) is 0.609. The molecule has 2 amide bonds. The number of halogens is 2. The molecule has 3 aliphatic rings. The molecule has 1 aromatic carbocycles. The van der Waals surface area contributed by atoms with Crippen LogP contribution in [0.15, 0.2) is 24.3 Å². The molecule has 178 valence electrons. The van der Waals surface area contributed by atoms with Crippen molar-refractivity contribution >= 4 is 42.5 Å². The first-order valence-corrected chi connectivity index (χ1v) is 11.2. The lowest BCUT2D eigenvalue weighted by Gasteiger charge is -2.48. The zero-order valence-electron chi connectivity index (χ0n) is 18.4. The van der Waals surface area contributed by atoms with E-state index in [-0.39, 0.29) is 48.5 Å². The molecule has 2 aliphatic heterocycles. The van der Waals surface area contributed by atoms with Crippen molar-refractivity contribution in [1.29, 1.82) is 5.41 Å². The van der Waals surface area contributed by atoms with Gasteiger partial charge >= 0.3 is 0 Å². The number of hydrogen-bond acceptors (Lipinski definition) is 4. The summed E-state index contributed by atoms with van der Waals surface area (Å²) in [6.07, 6.45) is 7.35. The number of rotatable bonds is 5. The van der Waals surface area contributed by atoms with Crippen LogP contribution in [0.5, 0.6) is 0 Å². The molecule has 0 radical (unpaired) electrons. The van der Waals surface area contributed by atoms with Crippen molar-refractivity contribution < 1.29 is 9.59 Å². The van der Waals surface area contributed by atoms with Crippen molar-refractivity contribution in [2.24, 2.45) is 23.3 Å². The minimum absolute atomic E-state index is 0. The molecule has 5 N–H and O–H groups in total. The van der Waals surface area contributed by atoms with Crippen LogP contribution in [0.2, 0.25) is 0 Å². The number of amidine groups is 1. The van der Waals surface area contributed by atoms with E-state index >= 15 is 0 Å². The van der Waals surface area contributed by atoms with Gasteiger partial charge in [0.1, 0.15) is 11.9 Å². The van der Waals surface area contributed by atoms with Crippen LogP contribution in [0, 0.1) is 17.2 Å². The molecule has 2 heterocycles. The number of carbonyl (C=O) groups excluding carboxylic acids is 2. The lowest BCUT2D eigenvalue weighted by atomic mass is 9.70. The summed E-state index contributed by atoms with van der Waals surface area (Å²) >= 11 is 0. The highest BCUT2D eigenvalue weighted by Gasteiger charge is 2.46. The number of hydrogen-bond donors (Lipinski definition) is 3. The van der Waals surface area contributed by atoms with Gasteiger partial charge < -0.3 is 16.4 Å². The number of likely N-dealkylation sites (tertiary alicyclic amines) is 2. The van der Waals surface area contributed by atoms with Gasteiger partial charge in [-0.1, -0.05) is 43.5 Å². The average Bonchev–Trinajstić information content (AvgIpc) is 3.24. The van der Waals surface area contributed by atoms with E-state index in [4.69, 9.17) is 16.9 Å². The number of nitrogens with two attached hydrogens (primary N) is 2. The monoisotopic (exact) mass is 483 g/mol. The Balaban J connectivity index is 0.00000181. The van der Waals surface area contributed by atoms with Crippen LogP contribution in [-0.2, 0) is 16.1 Å². The summed E-state index contributed by atoms with van der Waals surface area (Å²) in [6.45, 7) is 2.20. The number of carbonyl (C=O) groups is 2. The fourth-order valence-electron chi connectivity index (χ4n) is 5.79. The van der Waals surface area contributed by atoms with Gasteiger partial charge in [-0.3, -0.25) is 19.9 Å². The molecule has 9 heteroatoms. The second-order valence-corrected chi connectivity index (χ2v) is 9.12. The van der Waals surface area contributed by atoms with E-state index in [2.05, 4.69) is 4.90 Å². The van der Waals surface area contributed by atoms with Crippen LogP contribution in [0.1, 0.15) is 56.1 Å². The summed E-state index contributed by atoms with van der Waals surface area (Å²) in [4.78, 5) is 29.7. The highest BCUT2D eigenvalue weighted by atomic mass is 35.5.